The van der Waals surface area contributed by atoms with Crippen LogP contribution in [0.4, 0.5) is 0 Å². The third kappa shape index (κ3) is 4.15. The standard InChI is InChI=1S/C20H30N2O3/c1-3-25-18-6-4-17(5-7-18)20(8-10-24-11-9-20)14-22-19(23)15(2)16-12-21-13-16/h4-7,15-16,21H,3,8-14H2,1-2H3,(H,22,23). The lowest BCUT2D eigenvalue weighted by molar-refractivity contribution is -0.127. The highest BCUT2D eigenvalue weighted by atomic mass is 16.5. The molecule has 1 atom stereocenters. The molecule has 1 aromatic rings. The van der Waals surface area contributed by atoms with Crippen molar-refractivity contribution in [1.82, 2.24) is 10.6 Å². The van der Waals surface area contributed by atoms with Crippen molar-refractivity contribution in [2.24, 2.45) is 11.8 Å². The molecule has 2 aliphatic rings. The molecule has 0 bridgehead atoms. The van der Waals surface area contributed by atoms with Crippen molar-refractivity contribution in [3.8, 4) is 5.75 Å². The van der Waals surface area contributed by atoms with Gasteiger partial charge in [0, 0.05) is 31.1 Å². The zero-order valence-corrected chi connectivity index (χ0v) is 15.3. The van der Waals surface area contributed by atoms with E-state index in [1.165, 1.54) is 5.56 Å². The molecular weight excluding hydrogens is 316 g/mol. The minimum Gasteiger partial charge on any atom is -0.494 e. The molecule has 2 aliphatic heterocycles. The van der Waals surface area contributed by atoms with Crippen molar-refractivity contribution in [2.75, 3.05) is 39.5 Å². The highest BCUT2D eigenvalue weighted by molar-refractivity contribution is 5.78. The number of benzene rings is 1. The molecule has 2 heterocycles. The van der Waals surface area contributed by atoms with Crippen molar-refractivity contribution in [1.29, 1.82) is 0 Å². The number of nitrogens with one attached hydrogen (secondary N) is 2. The van der Waals surface area contributed by atoms with Crippen LogP contribution in [0.1, 0.15) is 32.3 Å². The largest absolute Gasteiger partial charge is 0.494 e. The van der Waals surface area contributed by atoms with Gasteiger partial charge in [-0.1, -0.05) is 19.1 Å². The van der Waals surface area contributed by atoms with Gasteiger partial charge in [0.05, 0.1) is 6.61 Å². The normalized spacial score (nSPS) is 21.2. The van der Waals surface area contributed by atoms with Crippen LogP contribution in [-0.4, -0.2) is 45.4 Å². The van der Waals surface area contributed by atoms with Crippen LogP contribution in [0.15, 0.2) is 24.3 Å². The fraction of sp³-hybridized carbons (Fsp3) is 0.650. The molecular formula is C20H30N2O3. The topological polar surface area (TPSA) is 59.6 Å². The number of rotatable bonds is 7. The molecule has 5 heteroatoms. The average Bonchev–Trinajstić information content (AvgIpc) is 2.60. The number of ether oxygens (including phenoxy) is 2. The summed E-state index contributed by atoms with van der Waals surface area (Å²) in [5.41, 5.74) is 1.22. The first-order chi connectivity index (χ1) is 12.1. The van der Waals surface area contributed by atoms with Gasteiger partial charge in [0.15, 0.2) is 0 Å². The van der Waals surface area contributed by atoms with Crippen molar-refractivity contribution >= 4 is 5.91 Å². The first-order valence-electron chi connectivity index (χ1n) is 9.44. The van der Waals surface area contributed by atoms with Crippen LogP contribution in [0.2, 0.25) is 0 Å². The van der Waals surface area contributed by atoms with E-state index in [1.54, 1.807) is 0 Å². The van der Waals surface area contributed by atoms with E-state index in [4.69, 9.17) is 9.47 Å². The third-order valence-corrected chi connectivity index (χ3v) is 5.76. The van der Waals surface area contributed by atoms with Gasteiger partial charge in [-0.05, 0) is 56.5 Å². The van der Waals surface area contributed by atoms with E-state index < -0.39 is 0 Å². The third-order valence-electron chi connectivity index (χ3n) is 5.76. The Kier molecular flexibility index (Phi) is 5.97. The molecule has 0 aliphatic carbocycles. The summed E-state index contributed by atoms with van der Waals surface area (Å²) in [6.45, 7) is 8.75. The van der Waals surface area contributed by atoms with Crippen molar-refractivity contribution in [3.63, 3.8) is 0 Å². The molecule has 138 valence electrons. The zero-order chi connectivity index (χ0) is 17.7. The van der Waals surface area contributed by atoms with Gasteiger partial charge in [0.2, 0.25) is 5.91 Å². The van der Waals surface area contributed by atoms with Gasteiger partial charge >= 0.3 is 0 Å². The van der Waals surface area contributed by atoms with Gasteiger partial charge in [-0.2, -0.15) is 0 Å². The second-order valence-corrected chi connectivity index (χ2v) is 7.27. The van der Waals surface area contributed by atoms with Crippen LogP contribution < -0.4 is 15.4 Å². The van der Waals surface area contributed by atoms with Gasteiger partial charge in [0.1, 0.15) is 5.75 Å². The van der Waals surface area contributed by atoms with Gasteiger partial charge in [-0.25, -0.2) is 0 Å². The summed E-state index contributed by atoms with van der Waals surface area (Å²) in [4.78, 5) is 12.5. The lowest BCUT2D eigenvalue weighted by Crippen LogP contribution is -2.51. The Hall–Kier alpha value is -1.59. The van der Waals surface area contributed by atoms with Crippen molar-refractivity contribution in [3.05, 3.63) is 29.8 Å². The predicted octanol–water partition coefficient (Wildman–Crippen LogP) is 2.11. The fourth-order valence-corrected chi connectivity index (χ4v) is 3.70. The molecule has 2 N–H and O–H groups in total. The second kappa shape index (κ2) is 8.19. The number of hydrogen-bond acceptors (Lipinski definition) is 4. The van der Waals surface area contributed by atoms with Crippen LogP contribution in [-0.2, 0) is 14.9 Å². The molecule has 5 nitrogen and oxygen atoms in total. The number of amides is 1. The first-order valence-corrected chi connectivity index (χ1v) is 9.44. The Morgan fingerprint density at radius 3 is 2.56 bits per heavy atom. The van der Waals surface area contributed by atoms with E-state index in [-0.39, 0.29) is 17.2 Å². The summed E-state index contributed by atoms with van der Waals surface area (Å²) < 4.78 is 11.1. The van der Waals surface area contributed by atoms with Gasteiger partial charge in [-0.3, -0.25) is 4.79 Å². The van der Waals surface area contributed by atoms with E-state index in [0.29, 0.717) is 19.1 Å². The minimum atomic E-state index is -0.0454. The summed E-state index contributed by atoms with van der Waals surface area (Å²) in [5.74, 6) is 1.60. The Morgan fingerprint density at radius 1 is 1.32 bits per heavy atom. The summed E-state index contributed by atoms with van der Waals surface area (Å²) in [5, 5.41) is 6.47. The van der Waals surface area contributed by atoms with E-state index in [1.807, 2.05) is 26.0 Å². The lowest BCUT2D eigenvalue weighted by atomic mass is 9.74. The van der Waals surface area contributed by atoms with Crippen molar-refractivity contribution in [2.45, 2.75) is 32.1 Å². The molecule has 0 radical (unpaired) electrons. The second-order valence-electron chi connectivity index (χ2n) is 7.27. The molecule has 3 rings (SSSR count). The molecule has 0 saturated carbocycles. The first kappa shape index (κ1) is 18.2. The molecule has 2 saturated heterocycles. The van der Waals surface area contributed by atoms with Gasteiger partial charge in [-0.15, -0.1) is 0 Å². The fourth-order valence-electron chi connectivity index (χ4n) is 3.70. The predicted molar refractivity (Wildman–Crippen MR) is 97.9 cm³/mol. The van der Waals surface area contributed by atoms with E-state index in [2.05, 4.69) is 22.8 Å². The molecule has 2 fully saturated rings. The highest BCUT2D eigenvalue weighted by Gasteiger charge is 2.36. The Balaban J connectivity index is 1.68. The number of hydrogen-bond donors (Lipinski definition) is 2. The maximum Gasteiger partial charge on any atom is 0.223 e. The van der Waals surface area contributed by atoms with Gasteiger partial charge in [0.25, 0.3) is 0 Å². The number of carbonyl (C=O) groups excluding carboxylic acids is 1. The van der Waals surface area contributed by atoms with Crippen LogP contribution in [0, 0.1) is 11.8 Å². The smallest absolute Gasteiger partial charge is 0.223 e. The van der Waals surface area contributed by atoms with Gasteiger partial charge < -0.3 is 20.1 Å². The average molecular weight is 346 g/mol. The SMILES string of the molecule is CCOc1ccc(C2(CNC(=O)C(C)C3CNC3)CCOCC2)cc1. The van der Waals surface area contributed by atoms with E-state index in [0.717, 1.165) is 44.9 Å². The molecule has 1 unspecified atom stereocenters. The van der Waals surface area contributed by atoms with Crippen molar-refractivity contribution < 1.29 is 14.3 Å². The Labute approximate surface area is 150 Å². The van der Waals surface area contributed by atoms with Crippen LogP contribution >= 0.6 is 0 Å². The Morgan fingerprint density at radius 2 is 2.00 bits per heavy atom. The zero-order valence-electron chi connectivity index (χ0n) is 15.3. The van der Waals surface area contributed by atoms with Crippen LogP contribution in [0.3, 0.4) is 0 Å². The molecule has 0 spiro atoms. The summed E-state index contributed by atoms with van der Waals surface area (Å²) >= 11 is 0. The molecule has 25 heavy (non-hydrogen) atoms. The maximum atomic E-state index is 12.5. The Bertz CT molecular complexity index is 563. The molecule has 1 aromatic carbocycles. The summed E-state index contributed by atoms with van der Waals surface area (Å²) in [7, 11) is 0. The highest BCUT2D eigenvalue weighted by Crippen LogP contribution is 2.35. The summed E-state index contributed by atoms with van der Waals surface area (Å²) in [6, 6.07) is 8.34. The van der Waals surface area contributed by atoms with E-state index >= 15 is 0 Å². The monoisotopic (exact) mass is 346 g/mol. The summed E-state index contributed by atoms with van der Waals surface area (Å²) in [6.07, 6.45) is 1.86. The molecule has 1 amide bonds. The quantitative estimate of drug-likeness (QED) is 0.794. The van der Waals surface area contributed by atoms with Crippen LogP contribution in [0.5, 0.6) is 5.75 Å². The lowest BCUT2D eigenvalue weighted by Gasteiger charge is -2.39. The molecule has 0 aromatic heterocycles. The van der Waals surface area contributed by atoms with E-state index in [9.17, 15) is 4.79 Å². The minimum absolute atomic E-state index is 0.0454. The number of carbonyl (C=O) groups is 1. The maximum absolute atomic E-state index is 12.5. The van der Waals surface area contributed by atoms with Crippen LogP contribution in [0.25, 0.3) is 0 Å².